The standard InChI is InChI=1S/C16H20F3NO3S/c1-15(2,12-6-8-20(11-21)9-7-12)24(22,23)14-5-3-4-13(10-14)16(17,18)19/h3-5,10-12H,6-9H2,1-2H3. The fraction of sp³-hybridized carbons (Fsp3) is 0.562. The lowest BCUT2D eigenvalue weighted by atomic mass is 9.86. The Morgan fingerprint density at radius 2 is 1.75 bits per heavy atom. The van der Waals surface area contributed by atoms with Crippen LogP contribution in [-0.4, -0.2) is 37.6 Å². The number of amides is 1. The summed E-state index contributed by atoms with van der Waals surface area (Å²) in [5, 5.41) is 0. The van der Waals surface area contributed by atoms with Gasteiger partial charge in [0.15, 0.2) is 9.84 Å². The van der Waals surface area contributed by atoms with Crippen LogP contribution in [0.4, 0.5) is 13.2 Å². The van der Waals surface area contributed by atoms with Gasteiger partial charge in [-0.2, -0.15) is 13.2 Å². The molecular weight excluding hydrogens is 343 g/mol. The molecule has 1 fully saturated rings. The fourth-order valence-corrected chi connectivity index (χ4v) is 4.88. The normalized spacial score (nSPS) is 17.8. The second-order valence-corrected chi connectivity index (χ2v) is 9.08. The highest BCUT2D eigenvalue weighted by Crippen LogP contribution is 2.39. The number of carbonyl (C=O) groups excluding carboxylic acids is 1. The number of likely N-dealkylation sites (tertiary alicyclic amines) is 1. The van der Waals surface area contributed by atoms with Gasteiger partial charge in [0.25, 0.3) is 0 Å². The van der Waals surface area contributed by atoms with Crippen LogP contribution >= 0.6 is 0 Å². The first-order valence-corrected chi connectivity index (χ1v) is 9.09. The Morgan fingerprint density at radius 1 is 1.17 bits per heavy atom. The topological polar surface area (TPSA) is 54.5 Å². The molecule has 0 bridgehead atoms. The highest BCUT2D eigenvalue weighted by molar-refractivity contribution is 7.92. The first kappa shape index (κ1) is 18.8. The van der Waals surface area contributed by atoms with E-state index in [0.29, 0.717) is 32.0 Å². The van der Waals surface area contributed by atoms with Gasteiger partial charge in [-0.05, 0) is 50.8 Å². The van der Waals surface area contributed by atoms with Crippen LogP contribution in [0.1, 0.15) is 32.3 Å². The molecule has 0 atom stereocenters. The lowest BCUT2D eigenvalue weighted by Crippen LogP contribution is -2.46. The van der Waals surface area contributed by atoms with Crippen LogP contribution in [-0.2, 0) is 20.8 Å². The van der Waals surface area contributed by atoms with Crippen molar-refractivity contribution >= 4 is 16.2 Å². The molecule has 1 saturated heterocycles. The van der Waals surface area contributed by atoms with E-state index in [2.05, 4.69) is 0 Å². The van der Waals surface area contributed by atoms with Crippen LogP contribution in [0.25, 0.3) is 0 Å². The maximum absolute atomic E-state index is 12.9. The zero-order chi connectivity index (χ0) is 18.2. The smallest absolute Gasteiger partial charge is 0.345 e. The number of carbonyl (C=O) groups is 1. The summed E-state index contributed by atoms with van der Waals surface area (Å²) in [5.74, 6) is -0.228. The van der Waals surface area contributed by atoms with Gasteiger partial charge < -0.3 is 4.90 Å². The number of hydrogen-bond donors (Lipinski definition) is 0. The lowest BCUT2D eigenvalue weighted by Gasteiger charge is -2.39. The average molecular weight is 363 g/mol. The molecule has 24 heavy (non-hydrogen) atoms. The molecule has 1 amide bonds. The van der Waals surface area contributed by atoms with Crippen molar-refractivity contribution in [1.82, 2.24) is 4.90 Å². The van der Waals surface area contributed by atoms with Gasteiger partial charge in [0.1, 0.15) is 0 Å². The summed E-state index contributed by atoms with van der Waals surface area (Å²) in [7, 11) is -3.95. The Bertz CT molecular complexity index is 706. The van der Waals surface area contributed by atoms with Crippen LogP contribution in [0, 0.1) is 5.92 Å². The molecule has 134 valence electrons. The highest BCUT2D eigenvalue weighted by Gasteiger charge is 2.44. The maximum atomic E-state index is 12.9. The number of piperidine rings is 1. The molecule has 8 heteroatoms. The Labute approximate surface area is 139 Å². The zero-order valence-corrected chi connectivity index (χ0v) is 14.3. The van der Waals surface area contributed by atoms with Gasteiger partial charge >= 0.3 is 6.18 Å². The number of alkyl halides is 3. The maximum Gasteiger partial charge on any atom is 0.416 e. The van der Waals surface area contributed by atoms with Crippen molar-refractivity contribution in [3.63, 3.8) is 0 Å². The van der Waals surface area contributed by atoms with E-state index < -0.39 is 26.3 Å². The van der Waals surface area contributed by atoms with Crippen LogP contribution < -0.4 is 0 Å². The van der Waals surface area contributed by atoms with Gasteiger partial charge in [-0.3, -0.25) is 4.79 Å². The van der Waals surface area contributed by atoms with Crippen molar-refractivity contribution in [3.8, 4) is 0 Å². The van der Waals surface area contributed by atoms with Gasteiger partial charge in [-0.25, -0.2) is 8.42 Å². The number of sulfone groups is 1. The summed E-state index contributed by atoms with van der Waals surface area (Å²) in [4.78, 5) is 12.0. The molecule has 0 aliphatic carbocycles. The predicted molar refractivity (Wildman–Crippen MR) is 83.1 cm³/mol. The Morgan fingerprint density at radius 3 is 2.25 bits per heavy atom. The van der Waals surface area contributed by atoms with Crippen molar-refractivity contribution in [1.29, 1.82) is 0 Å². The van der Waals surface area contributed by atoms with E-state index in [1.165, 1.54) is 6.07 Å². The monoisotopic (exact) mass is 363 g/mol. The molecule has 1 aromatic rings. The quantitative estimate of drug-likeness (QED) is 0.773. The second-order valence-electron chi connectivity index (χ2n) is 6.55. The second kappa shape index (κ2) is 6.38. The van der Waals surface area contributed by atoms with E-state index >= 15 is 0 Å². The molecule has 1 heterocycles. The van der Waals surface area contributed by atoms with Crippen molar-refractivity contribution < 1.29 is 26.4 Å². The molecule has 1 aliphatic heterocycles. The van der Waals surface area contributed by atoms with Crippen molar-refractivity contribution in [2.24, 2.45) is 5.92 Å². The minimum atomic E-state index is -4.59. The molecule has 2 rings (SSSR count). The van der Waals surface area contributed by atoms with Crippen LogP contribution in [0.3, 0.4) is 0 Å². The van der Waals surface area contributed by atoms with Gasteiger partial charge in [0.05, 0.1) is 15.2 Å². The van der Waals surface area contributed by atoms with E-state index in [0.717, 1.165) is 18.5 Å². The molecule has 0 N–H and O–H groups in total. The van der Waals surface area contributed by atoms with Gasteiger partial charge in [-0.15, -0.1) is 0 Å². The van der Waals surface area contributed by atoms with Crippen LogP contribution in [0.5, 0.6) is 0 Å². The van der Waals surface area contributed by atoms with Gasteiger partial charge in [-0.1, -0.05) is 6.07 Å². The average Bonchev–Trinajstić information content (AvgIpc) is 2.54. The van der Waals surface area contributed by atoms with E-state index in [1.807, 2.05) is 0 Å². The third kappa shape index (κ3) is 3.43. The lowest BCUT2D eigenvalue weighted by molar-refractivity contribution is -0.137. The number of nitrogens with zero attached hydrogens (tertiary/aromatic N) is 1. The van der Waals surface area contributed by atoms with E-state index in [-0.39, 0.29) is 10.8 Å². The molecule has 0 spiro atoms. The SMILES string of the molecule is CC(C)(C1CCN(C=O)CC1)S(=O)(=O)c1cccc(C(F)(F)F)c1. The highest BCUT2D eigenvalue weighted by atomic mass is 32.2. The summed E-state index contributed by atoms with van der Waals surface area (Å²) < 4.78 is 63.2. The number of halogens is 3. The van der Waals surface area contributed by atoms with E-state index in [1.54, 1.807) is 18.7 Å². The van der Waals surface area contributed by atoms with Crippen molar-refractivity contribution in [2.75, 3.05) is 13.1 Å². The van der Waals surface area contributed by atoms with Crippen LogP contribution in [0.15, 0.2) is 29.2 Å². The molecule has 1 aliphatic rings. The fourth-order valence-electron chi connectivity index (χ4n) is 3.06. The molecule has 0 saturated carbocycles. The van der Waals surface area contributed by atoms with Crippen LogP contribution in [0.2, 0.25) is 0 Å². The zero-order valence-electron chi connectivity index (χ0n) is 13.5. The molecule has 4 nitrogen and oxygen atoms in total. The third-order valence-corrected chi connectivity index (χ3v) is 7.42. The largest absolute Gasteiger partial charge is 0.416 e. The van der Waals surface area contributed by atoms with Crippen molar-refractivity contribution in [3.05, 3.63) is 29.8 Å². The Balaban J connectivity index is 2.34. The summed E-state index contributed by atoms with van der Waals surface area (Å²) in [6.07, 6.45) is -2.86. The molecule has 0 unspecified atom stereocenters. The summed E-state index contributed by atoms with van der Waals surface area (Å²) in [6, 6.07) is 3.86. The summed E-state index contributed by atoms with van der Waals surface area (Å²) in [5.41, 5.74) is -0.977. The summed E-state index contributed by atoms with van der Waals surface area (Å²) in [6.45, 7) is 4.00. The Kier molecular flexibility index (Phi) is 4.99. The van der Waals surface area contributed by atoms with Crippen molar-refractivity contribution in [2.45, 2.75) is 42.5 Å². The molecule has 0 radical (unpaired) electrons. The van der Waals surface area contributed by atoms with E-state index in [9.17, 15) is 26.4 Å². The van der Waals surface area contributed by atoms with E-state index in [4.69, 9.17) is 0 Å². The third-order valence-electron chi connectivity index (χ3n) is 4.83. The first-order valence-electron chi connectivity index (χ1n) is 7.61. The number of rotatable bonds is 4. The predicted octanol–water partition coefficient (Wildman–Crippen LogP) is 3.13. The first-order chi connectivity index (χ1) is 11.0. The van der Waals surface area contributed by atoms with Gasteiger partial charge in [0, 0.05) is 13.1 Å². The number of benzene rings is 1. The molecule has 0 aromatic heterocycles. The molecule has 1 aromatic carbocycles. The Hall–Kier alpha value is -1.57. The minimum absolute atomic E-state index is 0.228. The molecular formula is C16H20F3NO3S. The minimum Gasteiger partial charge on any atom is -0.345 e. The summed E-state index contributed by atoms with van der Waals surface area (Å²) >= 11 is 0. The van der Waals surface area contributed by atoms with Gasteiger partial charge in [0.2, 0.25) is 6.41 Å². The number of hydrogen-bond acceptors (Lipinski definition) is 3.